The van der Waals surface area contributed by atoms with Crippen molar-refractivity contribution in [1.29, 1.82) is 0 Å². The van der Waals surface area contributed by atoms with E-state index in [1.54, 1.807) is 26.2 Å². The summed E-state index contributed by atoms with van der Waals surface area (Å²) in [5.41, 5.74) is 1.38. The Morgan fingerprint density at radius 3 is 2.58 bits per heavy atom. The van der Waals surface area contributed by atoms with E-state index in [1.807, 2.05) is 6.07 Å². The summed E-state index contributed by atoms with van der Waals surface area (Å²) < 4.78 is 11.6. The normalized spacial score (nSPS) is 10.3. The van der Waals surface area contributed by atoms with Crippen LogP contribution in [0.1, 0.15) is 11.3 Å². The maximum Gasteiger partial charge on any atom is 0.390 e. The van der Waals surface area contributed by atoms with E-state index >= 15 is 0 Å². The molecule has 0 bridgehead atoms. The van der Waals surface area contributed by atoms with Gasteiger partial charge in [0, 0.05) is 6.54 Å². The summed E-state index contributed by atoms with van der Waals surface area (Å²) in [6.07, 6.45) is 0. The molecule has 1 heterocycles. The number of nitrogens with zero attached hydrogens (tertiary/aromatic N) is 3. The zero-order chi connectivity index (χ0) is 17.7. The Hall–Kier alpha value is -3.10. The van der Waals surface area contributed by atoms with Crippen molar-refractivity contribution >= 4 is 11.7 Å². The summed E-state index contributed by atoms with van der Waals surface area (Å²) in [5, 5.41) is 17.2. The Labute approximate surface area is 138 Å². The van der Waals surface area contributed by atoms with E-state index in [-0.39, 0.29) is 18.3 Å². The highest BCUT2D eigenvalue weighted by atomic mass is 16.6. The third-order valence-corrected chi connectivity index (χ3v) is 3.39. The summed E-state index contributed by atoms with van der Waals surface area (Å²) in [5.74, 6) is 0.598. The van der Waals surface area contributed by atoms with Crippen molar-refractivity contribution < 1.29 is 19.2 Å². The van der Waals surface area contributed by atoms with Crippen LogP contribution in [0.5, 0.6) is 11.5 Å². The number of carbonyl (C=O) groups excluding carboxylic acids is 1. The fourth-order valence-electron chi connectivity index (χ4n) is 2.13. The van der Waals surface area contributed by atoms with Gasteiger partial charge in [-0.2, -0.15) is 4.68 Å². The second-order valence-electron chi connectivity index (χ2n) is 5.02. The molecule has 1 aromatic carbocycles. The van der Waals surface area contributed by atoms with Gasteiger partial charge in [0.25, 0.3) is 0 Å². The van der Waals surface area contributed by atoms with Gasteiger partial charge in [-0.1, -0.05) is 6.07 Å². The minimum absolute atomic E-state index is 0.0903. The average Bonchev–Trinajstić information content (AvgIpc) is 2.93. The van der Waals surface area contributed by atoms with Crippen LogP contribution >= 0.6 is 0 Å². The lowest BCUT2D eigenvalue weighted by Gasteiger charge is -2.10. The lowest BCUT2D eigenvalue weighted by atomic mass is 10.2. The molecular weight excluding hydrogens is 316 g/mol. The highest BCUT2D eigenvalue weighted by Crippen LogP contribution is 2.27. The van der Waals surface area contributed by atoms with Crippen LogP contribution in [0, 0.1) is 17.0 Å². The Bertz CT molecular complexity index is 756. The van der Waals surface area contributed by atoms with E-state index in [9.17, 15) is 14.9 Å². The summed E-state index contributed by atoms with van der Waals surface area (Å²) in [7, 11) is 3.08. The minimum atomic E-state index is -0.592. The highest BCUT2D eigenvalue weighted by molar-refractivity contribution is 5.75. The van der Waals surface area contributed by atoms with Gasteiger partial charge in [-0.15, -0.1) is 0 Å². The SMILES string of the molecule is COc1ccc(CNC(=O)Cn2nc([N+](=O)[O-])cc2C)cc1OC. The van der Waals surface area contributed by atoms with Crippen LogP contribution in [0.25, 0.3) is 0 Å². The second-order valence-corrected chi connectivity index (χ2v) is 5.02. The third-order valence-electron chi connectivity index (χ3n) is 3.39. The molecule has 2 aromatic rings. The van der Waals surface area contributed by atoms with Crippen LogP contribution in [0.15, 0.2) is 24.3 Å². The van der Waals surface area contributed by atoms with Crippen LogP contribution in [0.4, 0.5) is 5.82 Å². The van der Waals surface area contributed by atoms with E-state index < -0.39 is 4.92 Å². The van der Waals surface area contributed by atoms with Crippen molar-refractivity contribution in [3.8, 4) is 11.5 Å². The van der Waals surface area contributed by atoms with Gasteiger partial charge in [0.2, 0.25) is 5.91 Å². The maximum atomic E-state index is 12.0. The van der Waals surface area contributed by atoms with Gasteiger partial charge in [-0.3, -0.25) is 4.79 Å². The van der Waals surface area contributed by atoms with Gasteiger partial charge in [-0.05, 0) is 29.5 Å². The molecule has 0 aliphatic rings. The molecule has 128 valence electrons. The predicted octanol–water partition coefficient (Wildman–Crippen LogP) is 1.43. The predicted molar refractivity (Wildman–Crippen MR) is 85.0 cm³/mol. The van der Waals surface area contributed by atoms with Crippen LogP contribution in [-0.2, 0) is 17.9 Å². The van der Waals surface area contributed by atoms with Gasteiger partial charge in [-0.25, -0.2) is 0 Å². The first kappa shape index (κ1) is 17.3. The molecule has 0 unspecified atom stereocenters. The Morgan fingerprint density at radius 2 is 2.00 bits per heavy atom. The standard InChI is InChI=1S/C15H18N4O5/c1-10-6-14(19(21)22)17-18(10)9-15(20)16-8-11-4-5-12(23-2)13(7-11)24-3/h4-7H,8-9H2,1-3H3,(H,16,20). The number of benzene rings is 1. The topological polar surface area (TPSA) is 109 Å². The highest BCUT2D eigenvalue weighted by Gasteiger charge is 2.17. The van der Waals surface area contributed by atoms with Crippen molar-refractivity contribution in [3.05, 3.63) is 45.6 Å². The first-order valence-corrected chi connectivity index (χ1v) is 7.11. The van der Waals surface area contributed by atoms with Crippen molar-refractivity contribution in [2.75, 3.05) is 14.2 Å². The molecular formula is C15H18N4O5. The smallest absolute Gasteiger partial charge is 0.390 e. The summed E-state index contributed by atoms with van der Waals surface area (Å²) in [6.45, 7) is 1.86. The number of hydrogen-bond donors (Lipinski definition) is 1. The number of carbonyl (C=O) groups is 1. The molecule has 0 aliphatic heterocycles. The van der Waals surface area contributed by atoms with Crippen LogP contribution in [0.2, 0.25) is 0 Å². The first-order chi connectivity index (χ1) is 11.4. The second kappa shape index (κ2) is 7.44. The minimum Gasteiger partial charge on any atom is -0.493 e. The zero-order valence-corrected chi connectivity index (χ0v) is 13.6. The lowest BCUT2D eigenvalue weighted by Crippen LogP contribution is -2.28. The monoisotopic (exact) mass is 334 g/mol. The molecule has 1 N–H and O–H groups in total. The number of rotatable bonds is 7. The van der Waals surface area contributed by atoms with Crippen LogP contribution in [0.3, 0.4) is 0 Å². The molecule has 0 spiro atoms. The Kier molecular flexibility index (Phi) is 5.35. The molecule has 0 atom stereocenters. The van der Waals surface area contributed by atoms with Crippen molar-refractivity contribution in [3.63, 3.8) is 0 Å². The molecule has 9 nitrogen and oxygen atoms in total. The van der Waals surface area contributed by atoms with E-state index in [0.29, 0.717) is 23.7 Å². The number of nitro groups is 1. The summed E-state index contributed by atoms with van der Waals surface area (Å²) in [6, 6.07) is 6.65. The van der Waals surface area contributed by atoms with Crippen molar-refractivity contribution in [2.45, 2.75) is 20.0 Å². The van der Waals surface area contributed by atoms with E-state index in [4.69, 9.17) is 9.47 Å². The molecule has 9 heteroatoms. The number of methoxy groups -OCH3 is 2. The average molecular weight is 334 g/mol. The van der Waals surface area contributed by atoms with E-state index in [2.05, 4.69) is 10.4 Å². The number of aromatic nitrogens is 2. The van der Waals surface area contributed by atoms with Gasteiger partial charge in [0.1, 0.15) is 6.54 Å². The maximum absolute atomic E-state index is 12.0. The van der Waals surface area contributed by atoms with Gasteiger partial charge in [0.05, 0.1) is 31.1 Å². The van der Waals surface area contributed by atoms with Crippen molar-refractivity contribution in [2.24, 2.45) is 0 Å². The number of aryl methyl sites for hydroxylation is 1. The van der Waals surface area contributed by atoms with E-state index in [0.717, 1.165) is 5.56 Å². The number of hydrogen-bond acceptors (Lipinski definition) is 6. The summed E-state index contributed by atoms with van der Waals surface area (Å²) >= 11 is 0. The van der Waals surface area contributed by atoms with Crippen molar-refractivity contribution in [1.82, 2.24) is 15.1 Å². The Balaban J connectivity index is 1.97. The molecule has 2 rings (SSSR count). The number of ether oxygens (including phenoxy) is 2. The van der Waals surface area contributed by atoms with E-state index in [1.165, 1.54) is 17.9 Å². The quantitative estimate of drug-likeness (QED) is 0.606. The molecule has 0 saturated carbocycles. The molecule has 1 amide bonds. The molecule has 0 radical (unpaired) electrons. The number of amides is 1. The molecule has 24 heavy (non-hydrogen) atoms. The molecule has 1 aromatic heterocycles. The van der Waals surface area contributed by atoms with Crippen LogP contribution < -0.4 is 14.8 Å². The molecule has 0 aliphatic carbocycles. The summed E-state index contributed by atoms with van der Waals surface area (Å²) in [4.78, 5) is 22.1. The molecule has 0 saturated heterocycles. The third kappa shape index (κ3) is 4.00. The largest absolute Gasteiger partial charge is 0.493 e. The molecule has 0 fully saturated rings. The van der Waals surface area contributed by atoms with Crippen LogP contribution in [-0.4, -0.2) is 34.8 Å². The van der Waals surface area contributed by atoms with Gasteiger partial charge < -0.3 is 24.9 Å². The van der Waals surface area contributed by atoms with Gasteiger partial charge >= 0.3 is 5.82 Å². The fourth-order valence-corrected chi connectivity index (χ4v) is 2.13. The lowest BCUT2D eigenvalue weighted by molar-refractivity contribution is -0.389. The van der Waals surface area contributed by atoms with Gasteiger partial charge in [0.15, 0.2) is 11.5 Å². The number of nitrogens with one attached hydrogen (secondary N) is 1. The zero-order valence-electron chi connectivity index (χ0n) is 13.6. The first-order valence-electron chi connectivity index (χ1n) is 7.11. The Morgan fingerprint density at radius 1 is 1.29 bits per heavy atom. The fraction of sp³-hybridized carbons (Fsp3) is 0.333.